The summed E-state index contributed by atoms with van der Waals surface area (Å²) in [5.41, 5.74) is 3.46. The third-order valence-electron chi connectivity index (χ3n) is 5.63. The van der Waals surface area contributed by atoms with E-state index in [1.807, 2.05) is 37.3 Å². The number of carbonyl (C=O) groups excluding carboxylic acids is 1. The Morgan fingerprint density at radius 1 is 1.14 bits per heavy atom. The Bertz CT molecular complexity index is 980. The molecule has 0 unspecified atom stereocenters. The van der Waals surface area contributed by atoms with E-state index in [4.69, 9.17) is 5.84 Å². The van der Waals surface area contributed by atoms with E-state index in [0.717, 1.165) is 18.4 Å². The van der Waals surface area contributed by atoms with Crippen molar-refractivity contribution in [2.75, 3.05) is 18.1 Å². The Morgan fingerprint density at radius 2 is 1.86 bits per heavy atom. The van der Waals surface area contributed by atoms with Gasteiger partial charge in [0.2, 0.25) is 11.1 Å². The van der Waals surface area contributed by atoms with Crippen LogP contribution < -0.4 is 11.2 Å². The zero-order valence-corrected chi connectivity index (χ0v) is 17.3. The lowest BCUT2D eigenvalue weighted by Gasteiger charge is -2.42. The van der Waals surface area contributed by atoms with E-state index in [1.165, 1.54) is 34.0 Å². The highest BCUT2D eigenvalue weighted by atomic mass is 32.2. The van der Waals surface area contributed by atoms with Gasteiger partial charge in [0.25, 0.3) is 0 Å². The predicted octanol–water partition coefficient (Wildman–Crippen LogP) is 3.30. The fraction of sp³-hybridized carbons (Fsp3) is 0.318. The SMILES string of the molecule is Cc1ccc(-c2nnc(SCC(=O)NCC3(c4ccccc4)CCC3)n2N)cc1. The summed E-state index contributed by atoms with van der Waals surface area (Å²) < 4.78 is 1.44. The molecular formula is C22H25N5OS. The minimum absolute atomic E-state index is 0.0166. The summed E-state index contributed by atoms with van der Waals surface area (Å²) >= 11 is 1.30. The van der Waals surface area contributed by atoms with Crippen molar-refractivity contribution in [1.82, 2.24) is 20.2 Å². The number of aryl methyl sites for hydroxylation is 1. The van der Waals surface area contributed by atoms with Crippen LogP contribution in [0, 0.1) is 6.92 Å². The summed E-state index contributed by atoms with van der Waals surface area (Å²) in [4.78, 5) is 12.4. The van der Waals surface area contributed by atoms with Crippen molar-refractivity contribution in [3.63, 3.8) is 0 Å². The lowest BCUT2D eigenvalue weighted by atomic mass is 9.64. The summed E-state index contributed by atoms with van der Waals surface area (Å²) in [6.07, 6.45) is 3.43. The first kappa shape index (κ1) is 19.5. The number of aromatic nitrogens is 3. The zero-order chi connectivity index (χ0) is 20.3. The molecule has 0 saturated heterocycles. The van der Waals surface area contributed by atoms with Crippen molar-refractivity contribution in [3.05, 3.63) is 65.7 Å². The van der Waals surface area contributed by atoms with E-state index in [0.29, 0.717) is 17.5 Å². The number of thioether (sulfide) groups is 1. The minimum Gasteiger partial charge on any atom is -0.354 e. The van der Waals surface area contributed by atoms with Gasteiger partial charge in [-0.05, 0) is 25.3 Å². The van der Waals surface area contributed by atoms with Crippen LogP contribution in [0.2, 0.25) is 0 Å². The number of nitrogens with zero attached hydrogens (tertiary/aromatic N) is 3. The van der Waals surface area contributed by atoms with E-state index in [-0.39, 0.29) is 17.1 Å². The Morgan fingerprint density at radius 3 is 2.52 bits per heavy atom. The van der Waals surface area contributed by atoms with Crippen molar-refractivity contribution < 1.29 is 4.79 Å². The monoisotopic (exact) mass is 407 g/mol. The maximum Gasteiger partial charge on any atom is 0.230 e. The van der Waals surface area contributed by atoms with Gasteiger partial charge >= 0.3 is 0 Å². The van der Waals surface area contributed by atoms with Gasteiger partial charge in [0.05, 0.1) is 5.75 Å². The lowest BCUT2D eigenvalue weighted by Crippen LogP contribution is -2.46. The molecule has 1 aromatic heterocycles. The number of nitrogens with two attached hydrogens (primary N) is 1. The van der Waals surface area contributed by atoms with Crippen LogP contribution in [0.1, 0.15) is 30.4 Å². The van der Waals surface area contributed by atoms with Crippen molar-refractivity contribution in [3.8, 4) is 11.4 Å². The molecule has 1 fully saturated rings. The highest BCUT2D eigenvalue weighted by Crippen LogP contribution is 2.43. The second-order valence-electron chi connectivity index (χ2n) is 7.61. The fourth-order valence-corrected chi connectivity index (χ4v) is 4.37. The number of nitrogens with one attached hydrogen (secondary N) is 1. The van der Waals surface area contributed by atoms with Gasteiger partial charge in [-0.1, -0.05) is 78.3 Å². The standard InChI is InChI=1S/C22H25N5OS/c1-16-8-10-17(11-9-16)20-25-26-21(27(20)23)29-14-19(28)24-15-22(12-5-13-22)18-6-3-2-4-7-18/h2-4,6-11H,5,12-15,23H2,1H3,(H,24,28). The Balaban J connectivity index is 1.34. The highest BCUT2D eigenvalue weighted by Gasteiger charge is 2.38. The van der Waals surface area contributed by atoms with Crippen LogP contribution in [0.3, 0.4) is 0 Å². The van der Waals surface area contributed by atoms with Crippen LogP contribution in [0.25, 0.3) is 11.4 Å². The maximum absolute atomic E-state index is 12.4. The van der Waals surface area contributed by atoms with Gasteiger partial charge in [0, 0.05) is 17.5 Å². The molecule has 1 aliphatic carbocycles. The van der Waals surface area contributed by atoms with Gasteiger partial charge in [-0.25, -0.2) is 4.68 Å². The third-order valence-corrected chi connectivity index (χ3v) is 6.57. The second kappa shape index (κ2) is 8.29. The second-order valence-corrected chi connectivity index (χ2v) is 8.55. The molecular weight excluding hydrogens is 382 g/mol. The van der Waals surface area contributed by atoms with Gasteiger partial charge in [-0.3, -0.25) is 4.79 Å². The average Bonchev–Trinajstić information content (AvgIpc) is 3.07. The third kappa shape index (κ3) is 4.15. The number of rotatable bonds is 7. The number of benzene rings is 2. The number of hydrogen-bond donors (Lipinski definition) is 2. The molecule has 0 atom stereocenters. The molecule has 1 aliphatic rings. The molecule has 3 aromatic rings. The van der Waals surface area contributed by atoms with Crippen LogP contribution in [0.5, 0.6) is 0 Å². The Hall–Kier alpha value is -2.80. The summed E-state index contributed by atoms with van der Waals surface area (Å²) in [7, 11) is 0. The zero-order valence-electron chi connectivity index (χ0n) is 16.5. The molecule has 0 bridgehead atoms. The molecule has 0 aliphatic heterocycles. The van der Waals surface area contributed by atoms with Gasteiger partial charge < -0.3 is 11.2 Å². The van der Waals surface area contributed by atoms with E-state index in [1.54, 1.807) is 0 Å². The summed E-state index contributed by atoms with van der Waals surface area (Å²) in [6.45, 7) is 2.70. The minimum atomic E-state index is -0.0166. The van der Waals surface area contributed by atoms with Crippen LogP contribution in [-0.2, 0) is 10.2 Å². The maximum atomic E-state index is 12.4. The van der Waals surface area contributed by atoms with Gasteiger partial charge in [0.15, 0.2) is 5.82 Å². The van der Waals surface area contributed by atoms with Crippen molar-refractivity contribution >= 4 is 17.7 Å². The Kier molecular flexibility index (Phi) is 5.58. The molecule has 1 saturated carbocycles. The molecule has 0 spiro atoms. The molecule has 2 aromatic carbocycles. The summed E-state index contributed by atoms with van der Waals surface area (Å²) in [5, 5.41) is 11.9. The molecule has 7 heteroatoms. The molecule has 1 heterocycles. The number of hydrogen-bond acceptors (Lipinski definition) is 5. The van der Waals surface area contributed by atoms with Crippen molar-refractivity contribution in [2.45, 2.75) is 36.8 Å². The van der Waals surface area contributed by atoms with Crippen LogP contribution in [0.4, 0.5) is 0 Å². The van der Waals surface area contributed by atoms with Crippen molar-refractivity contribution in [2.24, 2.45) is 0 Å². The van der Waals surface area contributed by atoms with E-state index in [2.05, 4.69) is 39.8 Å². The lowest BCUT2D eigenvalue weighted by molar-refractivity contribution is -0.119. The first-order valence-electron chi connectivity index (χ1n) is 9.80. The molecule has 6 nitrogen and oxygen atoms in total. The average molecular weight is 408 g/mol. The molecule has 150 valence electrons. The van der Waals surface area contributed by atoms with Crippen LogP contribution in [0.15, 0.2) is 59.8 Å². The van der Waals surface area contributed by atoms with Crippen LogP contribution >= 0.6 is 11.8 Å². The number of carbonyl (C=O) groups is 1. The molecule has 3 N–H and O–H groups in total. The van der Waals surface area contributed by atoms with Crippen LogP contribution in [-0.4, -0.2) is 33.1 Å². The first-order valence-corrected chi connectivity index (χ1v) is 10.8. The quantitative estimate of drug-likeness (QED) is 0.464. The molecule has 29 heavy (non-hydrogen) atoms. The largest absolute Gasteiger partial charge is 0.354 e. The topological polar surface area (TPSA) is 85.8 Å². The normalized spacial score (nSPS) is 14.9. The van der Waals surface area contributed by atoms with E-state index < -0.39 is 0 Å². The van der Waals surface area contributed by atoms with Crippen molar-refractivity contribution in [1.29, 1.82) is 0 Å². The van der Waals surface area contributed by atoms with Gasteiger partial charge in [-0.2, -0.15) is 0 Å². The summed E-state index contributed by atoms with van der Waals surface area (Å²) in [5.74, 6) is 6.98. The Labute approximate surface area is 174 Å². The fourth-order valence-electron chi connectivity index (χ4n) is 3.69. The van der Waals surface area contributed by atoms with E-state index in [9.17, 15) is 4.79 Å². The molecule has 4 rings (SSSR count). The number of amides is 1. The number of nitrogen functional groups attached to an aromatic ring is 1. The summed E-state index contributed by atoms with van der Waals surface area (Å²) in [6, 6.07) is 18.4. The molecule has 0 radical (unpaired) electrons. The highest BCUT2D eigenvalue weighted by molar-refractivity contribution is 7.99. The van der Waals surface area contributed by atoms with E-state index >= 15 is 0 Å². The smallest absolute Gasteiger partial charge is 0.230 e. The molecule has 1 amide bonds. The first-order chi connectivity index (χ1) is 14.1. The predicted molar refractivity (Wildman–Crippen MR) is 116 cm³/mol. The van der Waals surface area contributed by atoms with Gasteiger partial charge in [-0.15, -0.1) is 10.2 Å². The van der Waals surface area contributed by atoms with Gasteiger partial charge in [0.1, 0.15) is 0 Å².